The van der Waals surface area contributed by atoms with Gasteiger partial charge in [0.1, 0.15) is 0 Å². The summed E-state index contributed by atoms with van der Waals surface area (Å²) in [6.07, 6.45) is 1.11. The molecule has 0 radical (unpaired) electrons. The van der Waals surface area contributed by atoms with Crippen molar-refractivity contribution in [3.63, 3.8) is 0 Å². The number of amides is 1. The van der Waals surface area contributed by atoms with E-state index < -0.39 is 9.84 Å². The Balaban J connectivity index is 1.99. The highest BCUT2D eigenvalue weighted by atomic mass is 32.2. The zero-order valence-corrected chi connectivity index (χ0v) is 10.3. The maximum absolute atomic E-state index is 11.7. The van der Waals surface area contributed by atoms with Crippen molar-refractivity contribution >= 4 is 15.7 Å². The summed E-state index contributed by atoms with van der Waals surface area (Å²) in [4.78, 5) is 13.5. The van der Waals surface area contributed by atoms with E-state index in [1.54, 1.807) is 4.90 Å². The molecule has 2 saturated heterocycles. The molecule has 6 heteroatoms. The molecular weight excluding hydrogens is 228 g/mol. The van der Waals surface area contributed by atoms with Crippen LogP contribution in [0, 0.1) is 0 Å². The first-order chi connectivity index (χ1) is 7.52. The van der Waals surface area contributed by atoms with Crippen molar-refractivity contribution in [3.05, 3.63) is 0 Å². The Hall–Kier alpha value is -0.620. The van der Waals surface area contributed by atoms with Crippen molar-refractivity contribution in [1.82, 2.24) is 10.2 Å². The van der Waals surface area contributed by atoms with Crippen molar-refractivity contribution in [2.45, 2.75) is 31.8 Å². The van der Waals surface area contributed by atoms with Crippen LogP contribution in [-0.4, -0.2) is 55.9 Å². The van der Waals surface area contributed by atoms with Crippen LogP contribution in [-0.2, 0) is 14.6 Å². The van der Waals surface area contributed by atoms with Crippen LogP contribution in [0.3, 0.4) is 0 Å². The zero-order chi connectivity index (χ0) is 11.8. The molecule has 2 fully saturated rings. The Morgan fingerprint density at radius 3 is 2.81 bits per heavy atom. The standard InChI is InChI=1S/C10H18N2O3S/c1-2-11-8-5-10(13)12(6-8)9-3-4-16(14,15)7-9/h8-9,11H,2-7H2,1H3. The normalized spacial score (nSPS) is 33.6. The summed E-state index contributed by atoms with van der Waals surface area (Å²) >= 11 is 0. The SMILES string of the molecule is CCNC1CC(=O)N(C2CCS(=O)(=O)C2)C1. The van der Waals surface area contributed by atoms with E-state index in [-0.39, 0.29) is 29.5 Å². The fourth-order valence-corrected chi connectivity index (χ4v) is 4.26. The van der Waals surface area contributed by atoms with Gasteiger partial charge in [0.25, 0.3) is 0 Å². The van der Waals surface area contributed by atoms with Gasteiger partial charge < -0.3 is 10.2 Å². The van der Waals surface area contributed by atoms with Gasteiger partial charge in [0.2, 0.25) is 5.91 Å². The van der Waals surface area contributed by atoms with Gasteiger partial charge in [-0.25, -0.2) is 8.42 Å². The number of sulfone groups is 1. The lowest BCUT2D eigenvalue weighted by Crippen LogP contribution is -2.39. The molecule has 1 amide bonds. The summed E-state index contributed by atoms with van der Waals surface area (Å²) in [6.45, 7) is 3.51. The summed E-state index contributed by atoms with van der Waals surface area (Å²) < 4.78 is 22.7. The van der Waals surface area contributed by atoms with E-state index in [0.29, 0.717) is 19.4 Å². The Kier molecular flexibility index (Phi) is 3.21. The largest absolute Gasteiger partial charge is 0.337 e. The molecule has 0 aromatic carbocycles. The zero-order valence-electron chi connectivity index (χ0n) is 9.48. The van der Waals surface area contributed by atoms with Gasteiger partial charge in [-0.05, 0) is 13.0 Å². The van der Waals surface area contributed by atoms with E-state index in [0.717, 1.165) is 6.54 Å². The molecule has 16 heavy (non-hydrogen) atoms. The van der Waals surface area contributed by atoms with Gasteiger partial charge in [-0.2, -0.15) is 0 Å². The lowest BCUT2D eigenvalue weighted by atomic mass is 10.2. The molecule has 0 bridgehead atoms. The number of likely N-dealkylation sites (N-methyl/N-ethyl adjacent to an activating group) is 1. The van der Waals surface area contributed by atoms with Gasteiger partial charge in [-0.1, -0.05) is 6.92 Å². The number of nitrogens with one attached hydrogen (secondary N) is 1. The molecule has 2 aliphatic rings. The van der Waals surface area contributed by atoms with Crippen LogP contribution >= 0.6 is 0 Å². The van der Waals surface area contributed by atoms with Gasteiger partial charge in [0.05, 0.1) is 11.5 Å². The Morgan fingerprint density at radius 1 is 1.50 bits per heavy atom. The van der Waals surface area contributed by atoms with Crippen LogP contribution in [0.25, 0.3) is 0 Å². The highest BCUT2D eigenvalue weighted by Gasteiger charge is 2.39. The Bertz CT molecular complexity index is 380. The monoisotopic (exact) mass is 246 g/mol. The summed E-state index contributed by atoms with van der Waals surface area (Å²) in [7, 11) is -2.90. The van der Waals surface area contributed by atoms with Crippen LogP contribution < -0.4 is 5.32 Å². The Morgan fingerprint density at radius 2 is 2.25 bits per heavy atom. The lowest BCUT2D eigenvalue weighted by Gasteiger charge is -2.23. The minimum atomic E-state index is -2.90. The molecule has 0 aromatic rings. The number of carbonyl (C=O) groups excluding carboxylic acids is 1. The number of rotatable bonds is 3. The molecule has 1 N–H and O–H groups in total. The topological polar surface area (TPSA) is 66.5 Å². The molecule has 2 rings (SSSR count). The predicted octanol–water partition coefficient (Wildman–Crippen LogP) is -0.616. The van der Waals surface area contributed by atoms with E-state index in [1.165, 1.54) is 0 Å². The third-order valence-corrected chi connectivity index (χ3v) is 5.05. The van der Waals surface area contributed by atoms with Crippen LogP contribution in [0.1, 0.15) is 19.8 Å². The van der Waals surface area contributed by atoms with E-state index in [9.17, 15) is 13.2 Å². The van der Waals surface area contributed by atoms with Gasteiger partial charge in [-0.15, -0.1) is 0 Å². The summed E-state index contributed by atoms with van der Waals surface area (Å²) in [5.74, 6) is 0.471. The smallest absolute Gasteiger partial charge is 0.224 e. The number of hydrogen-bond donors (Lipinski definition) is 1. The molecule has 2 unspecified atom stereocenters. The second-order valence-corrected chi connectivity index (χ2v) is 6.79. The fourth-order valence-electron chi connectivity index (χ4n) is 2.53. The van der Waals surface area contributed by atoms with Crippen molar-refractivity contribution in [3.8, 4) is 0 Å². The van der Waals surface area contributed by atoms with Crippen molar-refractivity contribution in [2.24, 2.45) is 0 Å². The average Bonchev–Trinajstić information content (AvgIpc) is 2.70. The van der Waals surface area contributed by atoms with Crippen LogP contribution in [0.4, 0.5) is 0 Å². The van der Waals surface area contributed by atoms with E-state index in [4.69, 9.17) is 0 Å². The third kappa shape index (κ3) is 2.38. The van der Waals surface area contributed by atoms with Gasteiger partial charge >= 0.3 is 0 Å². The molecule has 0 aliphatic carbocycles. The van der Waals surface area contributed by atoms with Crippen molar-refractivity contribution in [2.75, 3.05) is 24.6 Å². The summed E-state index contributed by atoms with van der Waals surface area (Å²) in [5.41, 5.74) is 0. The number of hydrogen-bond acceptors (Lipinski definition) is 4. The summed E-state index contributed by atoms with van der Waals surface area (Å²) in [5, 5.41) is 3.24. The first-order valence-corrected chi connectivity index (χ1v) is 7.57. The summed E-state index contributed by atoms with van der Waals surface area (Å²) in [6, 6.07) is 0.113. The quantitative estimate of drug-likeness (QED) is 0.721. The van der Waals surface area contributed by atoms with E-state index in [1.807, 2.05) is 6.92 Å². The molecule has 0 aromatic heterocycles. The molecular formula is C10H18N2O3S. The second-order valence-electron chi connectivity index (χ2n) is 4.56. The first-order valence-electron chi connectivity index (χ1n) is 5.75. The highest BCUT2D eigenvalue weighted by molar-refractivity contribution is 7.91. The van der Waals surface area contributed by atoms with Crippen molar-refractivity contribution in [1.29, 1.82) is 0 Å². The molecule has 5 nitrogen and oxygen atoms in total. The van der Waals surface area contributed by atoms with Crippen molar-refractivity contribution < 1.29 is 13.2 Å². The maximum Gasteiger partial charge on any atom is 0.224 e. The minimum absolute atomic E-state index is 0.0823. The molecule has 2 atom stereocenters. The first kappa shape index (κ1) is 11.9. The minimum Gasteiger partial charge on any atom is -0.337 e. The van der Waals surface area contributed by atoms with E-state index >= 15 is 0 Å². The van der Waals surface area contributed by atoms with Gasteiger partial charge in [0.15, 0.2) is 9.84 Å². The number of carbonyl (C=O) groups is 1. The second kappa shape index (κ2) is 4.33. The number of nitrogens with zero attached hydrogens (tertiary/aromatic N) is 1. The molecule has 0 spiro atoms. The van der Waals surface area contributed by atoms with Gasteiger partial charge in [-0.3, -0.25) is 4.79 Å². The lowest BCUT2D eigenvalue weighted by molar-refractivity contribution is -0.129. The van der Waals surface area contributed by atoms with Crippen LogP contribution in [0.2, 0.25) is 0 Å². The average molecular weight is 246 g/mol. The van der Waals surface area contributed by atoms with Crippen LogP contribution in [0.15, 0.2) is 0 Å². The maximum atomic E-state index is 11.7. The molecule has 0 saturated carbocycles. The third-order valence-electron chi connectivity index (χ3n) is 3.30. The molecule has 2 heterocycles. The van der Waals surface area contributed by atoms with Gasteiger partial charge in [0, 0.05) is 25.0 Å². The molecule has 92 valence electrons. The molecule has 2 aliphatic heterocycles. The highest BCUT2D eigenvalue weighted by Crippen LogP contribution is 2.22. The van der Waals surface area contributed by atoms with Crippen LogP contribution in [0.5, 0.6) is 0 Å². The predicted molar refractivity (Wildman–Crippen MR) is 60.9 cm³/mol. The fraction of sp³-hybridized carbons (Fsp3) is 0.900. The Labute approximate surface area is 96.1 Å². The van der Waals surface area contributed by atoms with E-state index in [2.05, 4.69) is 5.32 Å². The number of likely N-dealkylation sites (tertiary alicyclic amines) is 1.